The van der Waals surface area contributed by atoms with Gasteiger partial charge < -0.3 is 0 Å². The van der Waals surface area contributed by atoms with Gasteiger partial charge in [0, 0.05) is 5.71 Å². The largest absolute Gasteiger partial charge is 0.459 e. The molecule has 0 bridgehead atoms. The molecule has 0 amide bonds. The Labute approximate surface area is 116 Å². The van der Waals surface area contributed by atoms with Crippen molar-refractivity contribution in [2.75, 3.05) is 0 Å². The number of halogens is 7. The van der Waals surface area contributed by atoms with E-state index >= 15 is 0 Å². The Morgan fingerprint density at radius 3 is 1.86 bits per heavy atom. The minimum absolute atomic E-state index is 0.0549. The second-order valence-electron chi connectivity index (χ2n) is 4.45. The van der Waals surface area contributed by atoms with E-state index < -0.39 is 24.1 Å². The summed E-state index contributed by atoms with van der Waals surface area (Å²) in [7, 11) is 0. The summed E-state index contributed by atoms with van der Waals surface area (Å²) in [5.74, 6) is -11.5. The predicted molar refractivity (Wildman–Crippen MR) is 64.1 cm³/mol. The van der Waals surface area contributed by atoms with E-state index in [1.165, 1.54) is 19.1 Å². The lowest BCUT2D eigenvalue weighted by molar-refractivity contribution is -0.357. The fourth-order valence-corrected chi connectivity index (χ4v) is 1.58. The Hall–Kier alpha value is -1.60. The number of aliphatic imine (C=N–C) groups is 1. The average Bonchev–Trinajstić information content (AvgIpc) is 2.38. The van der Waals surface area contributed by atoms with E-state index in [0.717, 1.165) is 0 Å². The standard InChI is InChI=1S/C13H12F7N/c1-8(10-6-4-3-5-7-10)21-9(2)11(14,15)12(16,17)13(18,19)20/h3-7,9H,1-2H3/t9-/m1/s1. The third-order valence-corrected chi connectivity index (χ3v) is 2.88. The molecule has 0 saturated carbocycles. The summed E-state index contributed by atoms with van der Waals surface area (Å²) in [5, 5.41) is 0. The molecule has 8 heteroatoms. The molecule has 0 heterocycles. The van der Waals surface area contributed by atoms with E-state index in [1.807, 2.05) is 0 Å². The number of rotatable bonds is 4. The molecule has 1 rings (SSSR count). The normalized spacial score (nSPS) is 16.0. The van der Waals surface area contributed by atoms with Gasteiger partial charge in [-0.05, 0) is 19.4 Å². The van der Waals surface area contributed by atoms with Crippen LogP contribution in [0.1, 0.15) is 19.4 Å². The van der Waals surface area contributed by atoms with Crippen LogP contribution in [0.25, 0.3) is 0 Å². The molecule has 0 aliphatic rings. The minimum atomic E-state index is -6.35. The number of nitrogens with zero attached hydrogens (tertiary/aromatic N) is 1. The third-order valence-electron chi connectivity index (χ3n) is 2.88. The zero-order chi connectivity index (χ0) is 16.5. The van der Waals surface area contributed by atoms with Gasteiger partial charge in [0.15, 0.2) is 0 Å². The molecular formula is C13H12F7N. The van der Waals surface area contributed by atoms with Crippen LogP contribution < -0.4 is 0 Å². The maximum atomic E-state index is 13.4. The topological polar surface area (TPSA) is 12.4 Å². The van der Waals surface area contributed by atoms with Crippen LogP contribution in [0, 0.1) is 0 Å². The van der Waals surface area contributed by atoms with Crippen molar-refractivity contribution in [1.82, 2.24) is 0 Å². The molecule has 21 heavy (non-hydrogen) atoms. The quantitative estimate of drug-likeness (QED) is 0.563. The molecular weight excluding hydrogens is 303 g/mol. The Kier molecular flexibility index (Phi) is 4.70. The van der Waals surface area contributed by atoms with Crippen molar-refractivity contribution in [3.63, 3.8) is 0 Å². The summed E-state index contributed by atoms with van der Waals surface area (Å²) >= 11 is 0. The van der Waals surface area contributed by atoms with Crippen LogP contribution in [0.4, 0.5) is 30.7 Å². The van der Waals surface area contributed by atoms with E-state index in [0.29, 0.717) is 12.5 Å². The zero-order valence-electron chi connectivity index (χ0n) is 11.1. The highest BCUT2D eigenvalue weighted by Gasteiger charge is 2.74. The van der Waals surface area contributed by atoms with Gasteiger partial charge in [-0.2, -0.15) is 30.7 Å². The first kappa shape index (κ1) is 17.5. The molecule has 118 valence electrons. The lowest BCUT2D eigenvalue weighted by atomic mass is 10.0. The smallest absolute Gasteiger partial charge is 0.280 e. The van der Waals surface area contributed by atoms with Gasteiger partial charge in [-0.25, -0.2) is 0 Å². The minimum Gasteiger partial charge on any atom is -0.280 e. The van der Waals surface area contributed by atoms with Crippen molar-refractivity contribution < 1.29 is 30.7 Å². The second kappa shape index (κ2) is 5.65. The Morgan fingerprint density at radius 2 is 1.43 bits per heavy atom. The van der Waals surface area contributed by atoms with Crippen molar-refractivity contribution in [3.8, 4) is 0 Å². The summed E-state index contributed by atoms with van der Waals surface area (Å²) in [5.41, 5.74) is 0.302. The van der Waals surface area contributed by atoms with Crippen molar-refractivity contribution in [3.05, 3.63) is 35.9 Å². The zero-order valence-corrected chi connectivity index (χ0v) is 11.1. The lowest BCUT2D eigenvalue weighted by Gasteiger charge is -2.30. The van der Waals surface area contributed by atoms with Crippen LogP contribution in [-0.2, 0) is 0 Å². The monoisotopic (exact) mass is 315 g/mol. The fraction of sp³-hybridized carbons (Fsp3) is 0.462. The molecule has 0 radical (unpaired) electrons. The summed E-state index contributed by atoms with van der Waals surface area (Å²) in [4.78, 5) is 3.29. The first-order valence-corrected chi connectivity index (χ1v) is 5.83. The molecule has 0 saturated heterocycles. The van der Waals surface area contributed by atoms with E-state index in [9.17, 15) is 30.7 Å². The summed E-state index contributed by atoms with van der Waals surface area (Å²) in [6, 6.07) is 5.17. The number of alkyl halides is 7. The Morgan fingerprint density at radius 1 is 0.952 bits per heavy atom. The highest BCUT2D eigenvalue weighted by molar-refractivity contribution is 5.98. The highest BCUT2D eigenvalue weighted by atomic mass is 19.4. The van der Waals surface area contributed by atoms with Crippen LogP contribution in [0.15, 0.2) is 35.3 Å². The molecule has 0 fully saturated rings. The van der Waals surface area contributed by atoms with Crippen molar-refractivity contribution >= 4 is 5.71 Å². The van der Waals surface area contributed by atoms with Gasteiger partial charge in [0.1, 0.15) is 6.04 Å². The summed E-state index contributed by atoms with van der Waals surface area (Å²) < 4.78 is 88.7. The van der Waals surface area contributed by atoms with Gasteiger partial charge in [-0.15, -0.1) is 0 Å². The summed E-state index contributed by atoms with van der Waals surface area (Å²) in [6.07, 6.45) is -6.35. The fourth-order valence-electron chi connectivity index (χ4n) is 1.58. The molecule has 0 N–H and O–H groups in total. The molecule has 0 unspecified atom stereocenters. The van der Waals surface area contributed by atoms with Gasteiger partial charge in [0.25, 0.3) is 0 Å². The van der Waals surface area contributed by atoms with E-state index in [-0.39, 0.29) is 5.71 Å². The van der Waals surface area contributed by atoms with Gasteiger partial charge in [-0.1, -0.05) is 30.3 Å². The average molecular weight is 315 g/mol. The SMILES string of the molecule is CC(=N[C@H](C)C(F)(F)C(F)(F)C(F)(F)F)c1ccccc1. The van der Waals surface area contributed by atoms with Crippen LogP contribution >= 0.6 is 0 Å². The second-order valence-corrected chi connectivity index (χ2v) is 4.45. The van der Waals surface area contributed by atoms with E-state index in [4.69, 9.17) is 0 Å². The molecule has 1 aromatic carbocycles. The molecule has 0 aliphatic heterocycles. The van der Waals surface area contributed by atoms with Crippen LogP contribution in [0.3, 0.4) is 0 Å². The van der Waals surface area contributed by atoms with Crippen molar-refractivity contribution in [2.24, 2.45) is 4.99 Å². The van der Waals surface area contributed by atoms with E-state index in [2.05, 4.69) is 4.99 Å². The van der Waals surface area contributed by atoms with Gasteiger partial charge in [0.2, 0.25) is 0 Å². The summed E-state index contributed by atoms with van der Waals surface area (Å²) in [6.45, 7) is 1.78. The predicted octanol–water partition coefficient (Wildman–Crippen LogP) is 4.72. The first-order valence-electron chi connectivity index (χ1n) is 5.83. The van der Waals surface area contributed by atoms with Crippen LogP contribution in [0.2, 0.25) is 0 Å². The Bertz CT molecular complexity index is 505. The third kappa shape index (κ3) is 3.36. The highest BCUT2D eigenvalue weighted by Crippen LogP contribution is 2.48. The number of benzene rings is 1. The van der Waals surface area contributed by atoms with Crippen LogP contribution in [-0.4, -0.2) is 29.8 Å². The van der Waals surface area contributed by atoms with Gasteiger partial charge in [-0.3, -0.25) is 4.99 Å². The molecule has 0 aliphatic carbocycles. The number of hydrogen-bond donors (Lipinski definition) is 0. The first-order chi connectivity index (χ1) is 9.41. The Balaban J connectivity index is 3.10. The van der Waals surface area contributed by atoms with Gasteiger partial charge >= 0.3 is 18.0 Å². The molecule has 0 spiro atoms. The van der Waals surface area contributed by atoms with Crippen molar-refractivity contribution in [2.45, 2.75) is 37.9 Å². The maximum Gasteiger partial charge on any atom is 0.459 e. The van der Waals surface area contributed by atoms with Crippen LogP contribution in [0.5, 0.6) is 0 Å². The number of hydrogen-bond acceptors (Lipinski definition) is 1. The van der Waals surface area contributed by atoms with E-state index in [1.54, 1.807) is 18.2 Å². The van der Waals surface area contributed by atoms with Crippen molar-refractivity contribution in [1.29, 1.82) is 0 Å². The maximum absolute atomic E-state index is 13.4. The molecule has 1 nitrogen and oxygen atoms in total. The van der Waals surface area contributed by atoms with Gasteiger partial charge in [0.05, 0.1) is 0 Å². The molecule has 1 aromatic rings. The molecule has 0 aromatic heterocycles. The molecule has 1 atom stereocenters. The lowest BCUT2D eigenvalue weighted by Crippen LogP contribution is -2.56.